The van der Waals surface area contributed by atoms with Crippen molar-refractivity contribution in [2.45, 2.75) is 58.5 Å². The second-order valence-electron chi connectivity index (χ2n) is 5.12. The molecule has 0 aliphatic heterocycles. The molecule has 1 heterocycles. The molecule has 0 radical (unpaired) electrons. The Kier molecular flexibility index (Phi) is 4.60. The Labute approximate surface area is 105 Å². The third kappa shape index (κ3) is 3.32. The van der Waals surface area contributed by atoms with Crippen molar-refractivity contribution >= 4 is 0 Å². The summed E-state index contributed by atoms with van der Waals surface area (Å²) in [4.78, 5) is 4.49. The molecule has 0 amide bonds. The molecule has 3 heteroatoms. The number of hydrogen-bond acceptors (Lipinski definition) is 2. The van der Waals surface area contributed by atoms with E-state index in [1.807, 2.05) is 6.20 Å². The van der Waals surface area contributed by atoms with Crippen LogP contribution in [-0.2, 0) is 13.0 Å². The lowest BCUT2D eigenvalue weighted by Gasteiger charge is -2.29. The van der Waals surface area contributed by atoms with Crippen LogP contribution in [0.3, 0.4) is 0 Å². The smallest absolute Gasteiger partial charge is 0.108 e. The Morgan fingerprint density at radius 3 is 3.06 bits per heavy atom. The van der Waals surface area contributed by atoms with Gasteiger partial charge in [0.15, 0.2) is 0 Å². The molecule has 2 rings (SSSR count). The van der Waals surface area contributed by atoms with Crippen molar-refractivity contribution < 1.29 is 0 Å². The predicted octanol–water partition coefficient (Wildman–Crippen LogP) is 2.61. The van der Waals surface area contributed by atoms with Crippen LogP contribution >= 0.6 is 0 Å². The third-order valence-electron chi connectivity index (χ3n) is 3.89. The fourth-order valence-corrected chi connectivity index (χ4v) is 3.03. The van der Waals surface area contributed by atoms with E-state index < -0.39 is 0 Å². The van der Waals surface area contributed by atoms with Crippen molar-refractivity contribution in [2.75, 3.05) is 6.54 Å². The highest BCUT2D eigenvalue weighted by Gasteiger charge is 2.22. The zero-order valence-corrected chi connectivity index (χ0v) is 11.2. The van der Waals surface area contributed by atoms with Gasteiger partial charge in [0.2, 0.25) is 0 Å². The van der Waals surface area contributed by atoms with E-state index in [0.29, 0.717) is 0 Å². The van der Waals surface area contributed by atoms with Gasteiger partial charge >= 0.3 is 0 Å². The molecule has 3 nitrogen and oxygen atoms in total. The van der Waals surface area contributed by atoms with Gasteiger partial charge < -0.3 is 9.88 Å². The lowest BCUT2D eigenvalue weighted by atomic mass is 9.83. The number of rotatable bonds is 5. The summed E-state index contributed by atoms with van der Waals surface area (Å²) in [6.07, 6.45) is 10.6. The topological polar surface area (TPSA) is 29.9 Å². The Balaban J connectivity index is 1.90. The molecule has 0 aromatic carbocycles. The summed E-state index contributed by atoms with van der Waals surface area (Å²) in [6.45, 7) is 6.53. The van der Waals surface area contributed by atoms with E-state index in [1.54, 1.807) is 0 Å². The van der Waals surface area contributed by atoms with Crippen molar-refractivity contribution in [2.24, 2.45) is 5.92 Å². The number of aromatic nitrogens is 2. The summed E-state index contributed by atoms with van der Waals surface area (Å²) >= 11 is 0. The van der Waals surface area contributed by atoms with E-state index in [2.05, 4.69) is 34.9 Å². The predicted molar refractivity (Wildman–Crippen MR) is 71.0 cm³/mol. The van der Waals surface area contributed by atoms with Gasteiger partial charge in [-0.05, 0) is 38.6 Å². The highest BCUT2D eigenvalue weighted by atomic mass is 15.1. The Bertz CT molecular complexity index is 330. The summed E-state index contributed by atoms with van der Waals surface area (Å²) in [5.74, 6) is 2.09. The number of hydrogen-bond donors (Lipinski definition) is 1. The molecule has 96 valence electrons. The van der Waals surface area contributed by atoms with E-state index >= 15 is 0 Å². The SMILES string of the molecule is CCNC1CCCC(Cc2nccn2CC)C1. The first-order valence-corrected chi connectivity index (χ1v) is 7.06. The van der Waals surface area contributed by atoms with E-state index in [-0.39, 0.29) is 0 Å². The molecule has 1 aromatic heterocycles. The zero-order chi connectivity index (χ0) is 12.1. The van der Waals surface area contributed by atoms with E-state index in [4.69, 9.17) is 0 Å². The quantitative estimate of drug-likeness (QED) is 0.850. The van der Waals surface area contributed by atoms with Crippen molar-refractivity contribution in [3.05, 3.63) is 18.2 Å². The average molecular weight is 235 g/mol. The first kappa shape index (κ1) is 12.6. The molecule has 0 spiro atoms. The molecule has 0 bridgehead atoms. The van der Waals surface area contributed by atoms with Gasteiger partial charge in [0, 0.05) is 31.4 Å². The second kappa shape index (κ2) is 6.20. The molecule has 1 aliphatic rings. The molecule has 2 atom stereocenters. The number of imidazole rings is 1. The van der Waals surface area contributed by atoms with Gasteiger partial charge in [0.1, 0.15) is 5.82 Å². The van der Waals surface area contributed by atoms with Crippen LogP contribution in [0.4, 0.5) is 0 Å². The maximum atomic E-state index is 4.49. The molecule has 1 fully saturated rings. The van der Waals surface area contributed by atoms with Gasteiger partial charge in [0.25, 0.3) is 0 Å². The molecular formula is C14H25N3. The third-order valence-corrected chi connectivity index (χ3v) is 3.89. The standard InChI is InChI=1S/C14H25N3/c1-3-15-13-7-5-6-12(10-13)11-14-16-8-9-17(14)4-2/h8-9,12-13,15H,3-7,10-11H2,1-2H3. The molecular weight excluding hydrogens is 210 g/mol. The Morgan fingerprint density at radius 2 is 2.29 bits per heavy atom. The summed E-state index contributed by atoms with van der Waals surface area (Å²) in [6, 6.07) is 0.740. The monoisotopic (exact) mass is 235 g/mol. The molecule has 1 aliphatic carbocycles. The minimum atomic E-state index is 0.740. The van der Waals surface area contributed by atoms with Gasteiger partial charge in [-0.1, -0.05) is 13.3 Å². The number of nitrogens with zero attached hydrogens (tertiary/aromatic N) is 2. The van der Waals surface area contributed by atoms with Crippen molar-refractivity contribution in [3.8, 4) is 0 Å². The summed E-state index contributed by atoms with van der Waals surface area (Å²) in [7, 11) is 0. The molecule has 0 saturated heterocycles. The fraction of sp³-hybridized carbons (Fsp3) is 0.786. The van der Waals surface area contributed by atoms with Gasteiger partial charge in [-0.2, -0.15) is 0 Å². The lowest BCUT2D eigenvalue weighted by Crippen LogP contribution is -2.34. The molecule has 1 aromatic rings. The van der Waals surface area contributed by atoms with Gasteiger partial charge in [0.05, 0.1) is 0 Å². The highest BCUT2D eigenvalue weighted by Crippen LogP contribution is 2.26. The first-order valence-electron chi connectivity index (χ1n) is 7.06. The van der Waals surface area contributed by atoms with Crippen LogP contribution in [0.5, 0.6) is 0 Å². The molecule has 1 N–H and O–H groups in total. The van der Waals surface area contributed by atoms with Crippen LogP contribution in [0.1, 0.15) is 45.4 Å². The van der Waals surface area contributed by atoms with E-state index in [1.165, 1.54) is 31.5 Å². The Morgan fingerprint density at radius 1 is 1.41 bits per heavy atom. The van der Waals surface area contributed by atoms with Crippen molar-refractivity contribution in [3.63, 3.8) is 0 Å². The van der Waals surface area contributed by atoms with E-state index in [9.17, 15) is 0 Å². The van der Waals surface area contributed by atoms with Gasteiger partial charge in [-0.25, -0.2) is 4.98 Å². The average Bonchev–Trinajstić information content (AvgIpc) is 2.77. The van der Waals surface area contributed by atoms with Crippen LogP contribution < -0.4 is 5.32 Å². The molecule has 1 saturated carbocycles. The Hall–Kier alpha value is -0.830. The van der Waals surface area contributed by atoms with Crippen LogP contribution in [0.2, 0.25) is 0 Å². The molecule has 17 heavy (non-hydrogen) atoms. The van der Waals surface area contributed by atoms with Gasteiger partial charge in [-0.3, -0.25) is 0 Å². The number of nitrogens with one attached hydrogen (secondary N) is 1. The maximum absolute atomic E-state index is 4.49. The summed E-state index contributed by atoms with van der Waals surface area (Å²) < 4.78 is 2.27. The zero-order valence-electron chi connectivity index (χ0n) is 11.2. The largest absolute Gasteiger partial charge is 0.335 e. The highest BCUT2D eigenvalue weighted by molar-refractivity contribution is 4.95. The van der Waals surface area contributed by atoms with Crippen LogP contribution in [0.25, 0.3) is 0 Å². The van der Waals surface area contributed by atoms with Gasteiger partial charge in [-0.15, -0.1) is 0 Å². The minimum absolute atomic E-state index is 0.740. The first-order chi connectivity index (χ1) is 8.33. The lowest BCUT2D eigenvalue weighted by molar-refractivity contribution is 0.282. The molecule has 2 unspecified atom stereocenters. The second-order valence-corrected chi connectivity index (χ2v) is 5.12. The minimum Gasteiger partial charge on any atom is -0.335 e. The number of aryl methyl sites for hydroxylation is 1. The normalized spacial score (nSPS) is 25.1. The van der Waals surface area contributed by atoms with Crippen LogP contribution in [-0.4, -0.2) is 22.1 Å². The summed E-state index contributed by atoms with van der Waals surface area (Å²) in [5.41, 5.74) is 0. The fourth-order valence-electron chi connectivity index (χ4n) is 3.03. The van der Waals surface area contributed by atoms with Crippen LogP contribution in [0, 0.1) is 5.92 Å². The van der Waals surface area contributed by atoms with Crippen molar-refractivity contribution in [1.82, 2.24) is 14.9 Å². The van der Waals surface area contributed by atoms with Crippen LogP contribution in [0.15, 0.2) is 12.4 Å². The van der Waals surface area contributed by atoms with E-state index in [0.717, 1.165) is 31.5 Å². The summed E-state index contributed by atoms with van der Waals surface area (Å²) in [5, 5.41) is 3.60. The maximum Gasteiger partial charge on any atom is 0.108 e. The van der Waals surface area contributed by atoms with Crippen molar-refractivity contribution in [1.29, 1.82) is 0 Å².